The van der Waals surface area contributed by atoms with Crippen molar-refractivity contribution in [1.82, 2.24) is 14.8 Å². The van der Waals surface area contributed by atoms with Gasteiger partial charge in [-0.25, -0.2) is 4.98 Å². The Balaban J connectivity index is 2.18. The minimum Gasteiger partial charge on any atom is -0.370 e. The molecular weight excluding hydrogens is 290 g/mol. The first-order valence-electron chi connectivity index (χ1n) is 6.72. The Bertz CT molecular complexity index is 653. The quantitative estimate of drug-likeness (QED) is 0.833. The van der Waals surface area contributed by atoms with Gasteiger partial charge in [0, 0.05) is 25.4 Å². The molecule has 0 aliphatic rings. The fourth-order valence-corrected chi connectivity index (χ4v) is 2.10. The summed E-state index contributed by atoms with van der Waals surface area (Å²) in [5.41, 5.74) is 1.89. The van der Waals surface area contributed by atoms with Crippen molar-refractivity contribution < 1.29 is 4.79 Å². The van der Waals surface area contributed by atoms with Gasteiger partial charge in [0.15, 0.2) is 0 Å². The molecule has 2 rings (SSSR count). The molecule has 0 saturated heterocycles. The number of carbonyl (C=O) groups is 1. The largest absolute Gasteiger partial charge is 0.370 e. The van der Waals surface area contributed by atoms with Gasteiger partial charge in [0.05, 0.1) is 11.4 Å². The highest BCUT2D eigenvalue weighted by atomic mass is 35.5. The zero-order chi connectivity index (χ0) is 15.4. The van der Waals surface area contributed by atoms with E-state index in [0.717, 1.165) is 18.7 Å². The first-order valence-corrected chi connectivity index (χ1v) is 7.10. The van der Waals surface area contributed by atoms with Gasteiger partial charge in [-0.15, -0.1) is 0 Å². The molecule has 0 aromatic carbocycles. The number of aryl methyl sites for hydroxylation is 2. The molecule has 0 saturated carbocycles. The maximum absolute atomic E-state index is 12.3. The van der Waals surface area contributed by atoms with Crippen LogP contribution < -0.4 is 10.6 Å². The second kappa shape index (κ2) is 6.58. The SMILES string of the molecule is CCCNc1cc(C(=O)Nc2cn(C)nc2C)cc(Cl)n1. The molecule has 0 unspecified atom stereocenters. The topological polar surface area (TPSA) is 71.8 Å². The van der Waals surface area contributed by atoms with Crippen LogP contribution in [-0.4, -0.2) is 27.2 Å². The molecule has 2 heterocycles. The van der Waals surface area contributed by atoms with Crippen molar-refractivity contribution in [2.75, 3.05) is 17.2 Å². The number of pyridine rings is 1. The van der Waals surface area contributed by atoms with Crippen LogP contribution in [-0.2, 0) is 7.05 Å². The van der Waals surface area contributed by atoms with Crippen LogP contribution >= 0.6 is 11.6 Å². The summed E-state index contributed by atoms with van der Waals surface area (Å²) in [4.78, 5) is 16.4. The van der Waals surface area contributed by atoms with E-state index in [4.69, 9.17) is 11.6 Å². The Kier molecular flexibility index (Phi) is 4.80. The van der Waals surface area contributed by atoms with E-state index < -0.39 is 0 Å². The highest BCUT2D eigenvalue weighted by Gasteiger charge is 2.12. The first-order chi connectivity index (χ1) is 9.99. The maximum atomic E-state index is 12.3. The van der Waals surface area contributed by atoms with Crippen LogP contribution in [0.25, 0.3) is 0 Å². The number of aromatic nitrogens is 3. The smallest absolute Gasteiger partial charge is 0.256 e. The van der Waals surface area contributed by atoms with Gasteiger partial charge >= 0.3 is 0 Å². The lowest BCUT2D eigenvalue weighted by molar-refractivity contribution is 0.102. The van der Waals surface area contributed by atoms with Crippen molar-refractivity contribution in [2.45, 2.75) is 20.3 Å². The molecule has 0 aliphatic heterocycles. The fourth-order valence-electron chi connectivity index (χ4n) is 1.89. The molecule has 0 fully saturated rings. The van der Waals surface area contributed by atoms with E-state index in [0.29, 0.717) is 17.1 Å². The van der Waals surface area contributed by atoms with Crippen molar-refractivity contribution in [3.63, 3.8) is 0 Å². The number of amides is 1. The predicted molar refractivity (Wildman–Crippen MR) is 83.9 cm³/mol. The van der Waals surface area contributed by atoms with Crippen LogP contribution in [0.1, 0.15) is 29.4 Å². The second-order valence-corrected chi connectivity index (χ2v) is 5.13. The summed E-state index contributed by atoms with van der Waals surface area (Å²) in [6.45, 7) is 4.66. The predicted octanol–water partition coefficient (Wildman–Crippen LogP) is 2.85. The van der Waals surface area contributed by atoms with Crippen LogP contribution in [0.5, 0.6) is 0 Å². The van der Waals surface area contributed by atoms with Crippen molar-refractivity contribution in [1.29, 1.82) is 0 Å². The summed E-state index contributed by atoms with van der Waals surface area (Å²) in [6.07, 6.45) is 2.72. The van der Waals surface area contributed by atoms with E-state index in [-0.39, 0.29) is 11.1 Å². The number of hydrogen-bond donors (Lipinski definition) is 2. The molecule has 2 aromatic rings. The lowest BCUT2D eigenvalue weighted by Gasteiger charge is -2.08. The summed E-state index contributed by atoms with van der Waals surface area (Å²) in [7, 11) is 1.80. The van der Waals surface area contributed by atoms with Gasteiger partial charge in [-0.1, -0.05) is 18.5 Å². The third-order valence-corrected chi connectivity index (χ3v) is 3.07. The summed E-state index contributed by atoms with van der Waals surface area (Å²) < 4.78 is 1.65. The molecule has 7 heteroatoms. The highest BCUT2D eigenvalue weighted by Crippen LogP contribution is 2.18. The van der Waals surface area contributed by atoms with Crippen LogP contribution in [0.3, 0.4) is 0 Å². The molecule has 1 amide bonds. The minimum absolute atomic E-state index is 0.241. The monoisotopic (exact) mass is 307 g/mol. The van der Waals surface area contributed by atoms with Crippen molar-refractivity contribution >= 4 is 29.0 Å². The lowest BCUT2D eigenvalue weighted by atomic mass is 10.2. The van der Waals surface area contributed by atoms with Crippen LogP contribution in [0.4, 0.5) is 11.5 Å². The molecule has 6 nitrogen and oxygen atoms in total. The van der Waals surface area contributed by atoms with Gasteiger partial charge in [-0.3, -0.25) is 9.48 Å². The van der Waals surface area contributed by atoms with Crippen molar-refractivity contribution in [3.8, 4) is 0 Å². The summed E-state index contributed by atoms with van der Waals surface area (Å²) in [5, 5.41) is 10.4. The molecule has 2 N–H and O–H groups in total. The second-order valence-electron chi connectivity index (χ2n) is 4.75. The number of carbonyl (C=O) groups excluding carboxylic acids is 1. The lowest BCUT2D eigenvalue weighted by Crippen LogP contribution is -2.13. The maximum Gasteiger partial charge on any atom is 0.256 e. The summed E-state index contributed by atoms with van der Waals surface area (Å²) in [6, 6.07) is 3.22. The zero-order valence-corrected chi connectivity index (χ0v) is 13.0. The minimum atomic E-state index is -0.241. The average molecular weight is 308 g/mol. The molecule has 0 bridgehead atoms. The summed E-state index contributed by atoms with van der Waals surface area (Å²) >= 11 is 5.96. The number of hydrogen-bond acceptors (Lipinski definition) is 4. The average Bonchev–Trinajstić information content (AvgIpc) is 2.74. The summed E-state index contributed by atoms with van der Waals surface area (Å²) in [5.74, 6) is 0.354. The Morgan fingerprint density at radius 3 is 2.81 bits per heavy atom. The Morgan fingerprint density at radius 2 is 2.19 bits per heavy atom. The van der Waals surface area contributed by atoms with Gasteiger partial charge in [0.1, 0.15) is 11.0 Å². The van der Waals surface area contributed by atoms with Crippen LogP contribution in [0, 0.1) is 6.92 Å². The van der Waals surface area contributed by atoms with E-state index in [1.165, 1.54) is 0 Å². The highest BCUT2D eigenvalue weighted by molar-refractivity contribution is 6.30. The standard InChI is InChI=1S/C14H18ClN5O/c1-4-5-16-13-7-10(6-12(15)18-13)14(21)17-11-8-20(3)19-9(11)2/h6-8H,4-5H2,1-3H3,(H,16,18)(H,17,21). The number of nitrogens with zero attached hydrogens (tertiary/aromatic N) is 3. The third-order valence-electron chi connectivity index (χ3n) is 2.87. The Morgan fingerprint density at radius 1 is 1.43 bits per heavy atom. The normalized spacial score (nSPS) is 10.5. The van der Waals surface area contributed by atoms with Gasteiger partial charge < -0.3 is 10.6 Å². The van der Waals surface area contributed by atoms with Gasteiger partial charge in [0.2, 0.25) is 0 Å². The number of nitrogens with one attached hydrogen (secondary N) is 2. The van der Waals surface area contributed by atoms with E-state index >= 15 is 0 Å². The molecule has 112 valence electrons. The third kappa shape index (κ3) is 3.95. The molecular formula is C14H18ClN5O. The number of halogens is 1. The fraction of sp³-hybridized carbons (Fsp3) is 0.357. The van der Waals surface area contributed by atoms with E-state index in [1.807, 2.05) is 6.92 Å². The zero-order valence-electron chi connectivity index (χ0n) is 12.3. The van der Waals surface area contributed by atoms with Gasteiger partial charge in [0.25, 0.3) is 5.91 Å². The molecule has 0 spiro atoms. The van der Waals surface area contributed by atoms with E-state index in [1.54, 1.807) is 30.1 Å². The van der Waals surface area contributed by atoms with Crippen molar-refractivity contribution in [3.05, 3.63) is 34.7 Å². The van der Waals surface area contributed by atoms with Crippen LogP contribution in [0.2, 0.25) is 5.15 Å². The number of anilines is 2. The molecule has 2 aromatic heterocycles. The van der Waals surface area contributed by atoms with E-state index in [2.05, 4.69) is 27.6 Å². The van der Waals surface area contributed by atoms with Crippen LogP contribution in [0.15, 0.2) is 18.3 Å². The Labute approximate surface area is 128 Å². The van der Waals surface area contributed by atoms with Crippen molar-refractivity contribution in [2.24, 2.45) is 7.05 Å². The molecule has 0 aliphatic carbocycles. The van der Waals surface area contributed by atoms with Gasteiger partial charge in [-0.05, 0) is 25.5 Å². The first kappa shape index (κ1) is 15.3. The molecule has 0 atom stereocenters. The number of rotatable bonds is 5. The Hall–Kier alpha value is -2.08. The molecule has 0 radical (unpaired) electrons. The van der Waals surface area contributed by atoms with E-state index in [9.17, 15) is 4.79 Å². The molecule has 21 heavy (non-hydrogen) atoms. The van der Waals surface area contributed by atoms with Gasteiger partial charge in [-0.2, -0.15) is 5.10 Å².